The van der Waals surface area contributed by atoms with Gasteiger partial charge in [-0.1, -0.05) is 37.3 Å². The number of carbonyl (C=O) groups excluding carboxylic acids is 1. The van der Waals surface area contributed by atoms with E-state index in [1.165, 1.54) is 12.1 Å². The normalized spacial score (nSPS) is 19.7. The van der Waals surface area contributed by atoms with Gasteiger partial charge >= 0.3 is 0 Å². The summed E-state index contributed by atoms with van der Waals surface area (Å²) < 4.78 is 27.1. The van der Waals surface area contributed by atoms with Crippen molar-refractivity contribution >= 4 is 18.3 Å². The Balaban J connectivity index is 0.00000225. The van der Waals surface area contributed by atoms with Crippen LogP contribution in [0, 0.1) is 11.6 Å². The molecule has 25 heavy (non-hydrogen) atoms. The van der Waals surface area contributed by atoms with Gasteiger partial charge in [-0.2, -0.15) is 0 Å². The molecule has 3 atom stereocenters. The van der Waals surface area contributed by atoms with Gasteiger partial charge in [-0.05, 0) is 30.0 Å². The van der Waals surface area contributed by atoms with Crippen LogP contribution in [0.25, 0.3) is 0 Å². The van der Waals surface area contributed by atoms with E-state index in [0.717, 1.165) is 17.2 Å². The van der Waals surface area contributed by atoms with E-state index in [4.69, 9.17) is 5.73 Å². The molecule has 1 aliphatic rings. The molecular formula is C19H21ClF2N2O. The number of carbonyl (C=O) groups is 1. The monoisotopic (exact) mass is 366 g/mol. The number of benzene rings is 2. The Hall–Kier alpha value is -1.98. The molecule has 0 bridgehead atoms. The molecule has 134 valence electrons. The lowest BCUT2D eigenvalue weighted by atomic mass is 9.94. The molecule has 0 aromatic heterocycles. The summed E-state index contributed by atoms with van der Waals surface area (Å²) in [4.78, 5) is 12.6. The third-order valence-electron chi connectivity index (χ3n) is 4.68. The van der Waals surface area contributed by atoms with Gasteiger partial charge in [-0.25, -0.2) is 8.78 Å². The first kappa shape index (κ1) is 19.3. The van der Waals surface area contributed by atoms with Crippen molar-refractivity contribution < 1.29 is 13.6 Å². The molecule has 0 saturated heterocycles. The van der Waals surface area contributed by atoms with Crippen molar-refractivity contribution in [3.8, 4) is 0 Å². The molecule has 0 radical (unpaired) electrons. The maximum Gasteiger partial charge on any atom is 0.227 e. The Morgan fingerprint density at radius 1 is 1.28 bits per heavy atom. The average Bonchev–Trinajstić information content (AvgIpc) is 2.87. The highest BCUT2D eigenvalue weighted by atomic mass is 35.5. The van der Waals surface area contributed by atoms with Crippen molar-refractivity contribution in [1.82, 2.24) is 5.32 Å². The van der Waals surface area contributed by atoms with Crippen molar-refractivity contribution in [2.75, 3.05) is 0 Å². The number of fused-ring (bicyclic) bond motifs is 1. The first-order valence-corrected chi connectivity index (χ1v) is 8.10. The summed E-state index contributed by atoms with van der Waals surface area (Å²) in [5.74, 6) is -2.30. The molecule has 3 N–H and O–H groups in total. The van der Waals surface area contributed by atoms with Crippen LogP contribution in [0.15, 0.2) is 42.5 Å². The van der Waals surface area contributed by atoms with Gasteiger partial charge in [0.25, 0.3) is 0 Å². The molecule has 1 aliphatic carbocycles. The largest absolute Gasteiger partial charge is 0.351 e. The minimum atomic E-state index is -0.698. The predicted octanol–water partition coefficient (Wildman–Crippen LogP) is 3.62. The summed E-state index contributed by atoms with van der Waals surface area (Å²) >= 11 is 0. The van der Waals surface area contributed by atoms with Crippen LogP contribution in [0.2, 0.25) is 0 Å². The number of hydrogen-bond acceptors (Lipinski definition) is 2. The Morgan fingerprint density at radius 2 is 2.00 bits per heavy atom. The maximum atomic E-state index is 14.0. The van der Waals surface area contributed by atoms with E-state index in [1.807, 2.05) is 24.3 Å². The molecule has 0 fully saturated rings. The Labute approximate surface area is 152 Å². The maximum absolute atomic E-state index is 14.0. The van der Waals surface area contributed by atoms with Crippen molar-refractivity contribution in [2.45, 2.75) is 37.8 Å². The van der Waals surface area contributed by atoms with E-state index in [2.05, 4.69) is 5.32 Å². The molecule has 1 unspecified atom stereocenters. The van der Waals surface area contributed by atoms with Gasteiger partial charge in [-0.3, -0.25) is 4.79 Å². The van der Waals surface area contributed by atoms with E-state index in [0.29, 0.717) is 12.8 Å². The predicted molar refractivity (Wildman–Crippen MR) is 95.6 cm³/mol. The topological polar surface area (TPSA) is 55.1 Å². The summed E-state index contributed by atoms with van der Waals surface area (Å²) in [5, 5.41) is 2.94. The molecule has 0 spiro atoms. The molecule has 3 rings (SSSR count). The van der Waals surface area contributed by atoms with Gasteiger partial charge < -0.3 is 11.1 Å². The molecule has 2 aromatic carbocycles. The van der Waals surface area contributed by atoms with Crippen LogP contribution in [0.3, 0.4) is 0 Å². The van der Waals surface area contributed by atoms with Gasteiger partial charge in [0.15, 0.2) is 0 Å². The van der Waals surface area contributed by atoms with Crippen molar-refractivity contribution in [3.05, 3.63) is 70.8 Å². The van der Waals surface area contributed by atoms with Crippen LogP contribution in [0.4, 0.5) is 8.78 Å². The van der Waals surface area contributed by atoms with E-state index in [-0.39, 0.29) is 36.0 Å². The Bertz CT molecular complexity index is 769. The van der Waals surface area contributed by atoms with Crippen LogP contribution in [-0.2, 0) is 11.2 Å². The Morgan fingerprint density at radius 3 is 2.64 bits per heavy atom. The molecule has 3 nitrogen and oxygen atoms in total. The minimum absolute atomic E-state index is 0. The second-order valence-electron chi connectivity index (χ2n) is 6.17. The zero-order valence-corrected chi connectivity index (χ0v) is 14.7. The summed E-state index contributed by atoms with van der Waals surface area (Å²) in [6.07, 6.45) is 1.08. The van der Waals surface area contributed by atoms with Gasteiger partial charge in [0.1, 0.15) is 11.6 Å². The van der Waals surface area contributed by atoms with Crippen LogP contribution in [-0.4, -0.2) is 11.9 Å². The average molecular weight is 367 g/mol. The first-order valence-electron chi connectivity index (χ1n) is 8.10. The number of hydrogen-bond donors (Lipinski definition) is 2. The van der Waals surface area contributed by atoms with Crippen LogP contribution in [0.1, 0.15) is 42.0 Å². The molecule has 0 saturated carbocycles. The van der Waals surface area contributed by atoms with Crippen molar-refractivity contribution in [1.29, 1.82) is 0 Å². The minimum Gasteiger partial charge on any atom is -0.351 e. The van der Waals surface area contributed by atoms with Crippen molar-refractivity contribution in [3.63, 3.8) is 0 Å². The number of nitrogens with one attached hydrogen (secondary N) is 1. The summed E-state index contributed by atoms with van der Waals surface area (Å²) in [5.41, 5.74) is 8.59. The summed E-state index contributed by atoms with van der Waals surface area (Å²) in [6.45, 7) is 1.80. The van der Waals surface area contributed by atoms with Gasteiger partial charge in [-0.15, -0.1) is 12.4 Å². The highest BCUT2D eigenvalue weighted by Crippen LogP contribution is 2.30. The summed E-state index contributed by atoms with van der Waals surface area (Å²) in [7, 11) is 0. The zero-order chi connectivity index (χ0) is 17.3. The summed E-state index contributed by atoms with van der Waals surface area (Å²) in [6, 6.07) is 10.6. The van der Waals surface area contributed by atoms with Crippen LogP contribution < -0.4 is 11.1 Å². The third-order valence-corrected chi connectivity index (χ3v) is 4.68. The van der Waals surface area contributed by atoms with Gasteiger partial charge in [0.2, 0.25) is 5.91 Å². The van der Waals surface area contributed by atoms with Crippen LogP contribution in [0.5, 0.6) is 0 Å². The van der Waals surface area contributed by atoms with E-state index in [1.54, 1.807) is 6.92 Å². The number of nitrogens with two attached hydrogens (primary N) is 1. The second-order valence-corrected chi connectivity index (χ2v) is 6.17. The lowest BCUT2D eigenvalue weighted by Crippen LogP contribution is -2.43. The smallest absolute Gasteiger partial charge is 0.227 e. The van der Waals surface area contributed by atoms with E-state index in [9.17, 15) is 13.6 Å². The highest BCUT2D eigenvalue weighted by Gasteiger charge is 2.32. The van der Waals surface area contributed by atoms with Crippen molar-refractivity contribution in [2.24, 2.45) is 5.73 Å². The third kappa shape index (κ3) is 3.83. The fraction of sp³-hybridized carbons (Fsp3) is 0.316. The van der Waals surface area contributed by atoms with Crippen LogP contribution >= 0.6 is 12.4 Å². The van der Waals surface area contributed by atoms with E-state index < -0.39 is 17.6 Å². The first-order chi connectivity index (χ1) is 11.5. The highest BCUT2D eigenvalue weighted by molar-refractivity contribution is 5.85. The fourth-order valence-corrected chi connectivity index (χ4v) is 3.38. The SMILES string of the molecule is CCC(C(=O)N[C@@H]1Cc2ccccc2[C@H]1N)c1ccc(F)cc1F.Cl. The Kier molecular flexibility index (Phi) is 6.14. The van der Waals surface area contributed by atoms with E-state index >= 15 is 0 Å². The lowest BCUT2D eigenvalue weighted by Gasteiger charge is -2.22. The number of rotatable bonds is 4. The van der Waals surface area contributed by atoms with Gasteiger partial charge in [0, 0.05) is 11.6 Å². The second kappa shape index (κ2) is 7.93. The molecule has 0 heterocycles. The quantitative estimate of drug-likeness (QED) is 0.868. The molecule has 0 aliphatic heterocycles. The lowest BCUT2D eigenvalue weighted by molar-refractivity contribution is -0.123. The van der Waals surface area contributed by atoms with Gasteiger partial charge in [0.05, 0.1) is 18.0 Å². The molecular weight excluding hydrogens is 346 g/mol. The molecule has 6 heteroatoms. The zero-order valence-electron chi connectivity index (χ0n) is 13.8. The number of amides is 1. The molecule has 2 aromatic rings. The molecule has 1 amide bonds. The standard InChI is InChI=1S/C19H20F2N2O.ClH/c1-2-13(15-8-7-12(20)10-16(15)21)19(24)23-17-9-11-5-3-4-6-14(11)18(17)22;/h3-8,10,13,17-18H,2,9,22H2,1H3,(H,23,24);1H/t13?,17-,18-;/m1./s1. The number of halogens is 3. The fourth-order valence-electron chi connectivity index (χ4n) is 3.38.